The average molecular weight is 195 g/mol. The largest absolute Gasteiger partial charge is 0.276 e. The molecule has 1 rings (SSSR count). The summed E-state index contributed by atoms with van der Waals surface area (Å²) in [6, 6.07) is 2.17. The fourth-order valence-electron chi connectivity index (χ4n) is 1.30. The van der Waals surface area contributed by atoms with E-state index in [1.807, 2.05) is 20.2 Å². The molecule has 0 saturated carbocycles. The van der Waals surface area contributed by atoms with Crippen LogP contribution in [-0.4, -0.2) is 15.0 Å². The molecule has 2 unspecified atom stereocenters. The minimum Gasteiger partial charge on any atom is -0.276 e. The Balaban J connectivity index is 2.83. The van der Waals surface area contributed by atoms with E-state index in [1.165, 1.54) is 0 Å². The second kappa shape index (κ2) is 4.33. The first-order valence-corrected chi connectivity index (χ1v) is 4.70. The molecule has 0 aromatic carbocycles. The second-order valence-electron chi connectivity index (χ2n) is 3.16. The molecule has 0 aliphatic carbocycles. The maximum atomic E-state index is 8.64. The van der Waals surface area contributed by atoms with Crippen LogP contribution in [0.2, 0.25) is 0 Å². The van der Waals surface area contributed by atoms with Gasteiger partial charge in [0.2, 0.25) is 0 Å². The molecular weight excluding hydrogens is 182 g/mol. The van der Waals surface area contributed by atoms with E-state index in [1.54, 1.807) is 10.9 Å². The van der Waals surface area contributed by atoms with Crippen molar-refractivity contribution < 1.29 is 0 Å². The highest BCUT2D eigenvalue weighted by Crippen LogP contribution is 2.25. The van der Waals surface area contributed by atoms with Gasteiger partial charge in [0, 0.05) is 30.8 Å². The quantitative estimate of drug-likeness (QED) is 0.746. The smallest absolute Gasteiger partial charge is 0.0628 e. The molecule has 1 aromatic heterocycles. The minimum absolute atomic E-state index is 0.182. The van der Waals surface area contributed by atoms with Crippen molar-refractivity contribution in [3.8, 4) is 6.07 Å². The second-order valence-corrected chi connectivity index (χ2v) is 3.97. The van der Waals surface area contributed by atoms with Crippen LogP contribution < -0.4 is 0 Å². The summed E-state index contributed by atoms with van der Waals surface area (Å²) >= 11 is 4.36. The molecule has 0 saturated heterocycles. The van der Waals surface area contributed by atoms with Crippen molar-refractivity contribution in [2.45, 2.75) is 24.5 Å². The summed E-state index contributed by atoms with van der Waals surface area (Å²) in [5, 5.41) is 12.9. The topological polar surface area (TPSA) is 41.6 Å². The van der Waals surface area contributed by atoms with Crippen LogP contribution in [0.25, 0.3) is 0 Å². The standard InChI is InChI=1S/C9H13N3S/c1-7(13)9(3-4-10)8-5-11-12(2)6-8/h5-7,9,13H,3H2,1-2H3. The number of hydrogen-bond donors (Lipinski definition) is 1. The highest BCUT2D eigenvalue weighted by atomic mass is 32.1. The van der Waals surface area contributed by atoms with Crippen LogP contribution in [0.4, 0.5) is 0 Å². The van der Waals surface area contributed by atoms with E-state index in [2.05, 4.69) is 23.8 Å². The summed E-state index contributed by atoms with van der Waals surface area (Å²) in [5.74, 6) is 0.182. The Labute approximate surface area is 83.8 Å². The molecule has 0 spiro atoms. The first-order valence-electron chi connectivity index (χ1n) is 4.18. The zero-order valence-electron chi connectivity index (χ0n) is 7.81. The van der Waals surface area contributed by atoms with E-state index in [0.29, 0.717) is 6.42 Å². The molecule has 3 nitrogen and oxygen atoms in total. The van der Waals surface area contributed by atoms with Gasteiger partial charge < -0.3 is 0 Å². The average Bonchev–Trinajstić information content (AvgIpc) is 2.46. The highest BCUT2D eigenvalue weighted by molar-refractivity contribution is 7.81. The summed E-state index contributed by atoms with van der Waals surface area (Å²) in [7, 11) is 1.87. The zero-order valence-corrected chi connectivity index (χ0v) is 8.70. The summed E-state index contributed by atoms with van der Waals surface area (Å²) in [5.41, 5.74) is 1.09. The Morgan fingerprint density at radius 3 is 2.85 bits per heavy atom. The molecule has 0 fully saturated rings. The highest BCUT2D eigenvalue weighted by Gasteiger charge is 2.17. The Kier molecular flexibility index (Phi) is 3.38. The molecular formula is C9H13N3S. The normalized spacial score (nSPS) is 14.9. The summed E-state index contributed by atoms with van der Waals surface area (Å²) in [6.07, 6.45) is 4.24. The van der Waals surface area contributed by atoms with Crippen LogP contribution in [0.3, 0.4) is 0 Å². The fourth-order valence-corrected chi connectivity index (χ4v) is 1.57. The minimum atomic E-state index is 0.182. The molecule has 70 valence electrons. The van der Waals surface area contributed by atoms with Gasteiger partial charge in [-0.1, -0.05) is 6.92 Å². The molecule has 1 aromatic rings. The third-order valence-corrected chi connectivity index (χ3v) is 2.41. The fraction of sp³-hybridized carbons (Fsp3) is 0.556. The van der Waals surface area contributed by atoms with Crippen LogP contribution in [0.5, 0.6) is 0 Å². The summed E-state index contributed by atoms with van der Waals surface area (Å²) < 4.78 is 1.75. The van der Waals surface area contributed by atoms with Gasteiger partial charge in [-0.15, -0.1) is 0 Å². The first-order chi connectivity index (χ1) is 6.15. The van der Waals surface area contributed by atoms with Crippen molar-refractivity contribution in [1.82, 2.24) is 9.78 Å². The number of aromatic nitrogens is 2. The van der Waals surface area contributed by atoms with Crippen molar-refractivity contribution in [2.24, 2.45) is 7.05 Å². The van der Waals surface area contributed by atoms with Gasteiger partial charge in [-0.2, -0.15) is 23.0 Å². The predicted molar refractivity (Wildman–Crippen MR) is 54.6 cm³/mol. The van der Waals surface area contributed by atoms with E-state index in [4.69, 9.17) is 5.26 Å². The number of nitrogens with zero attached hydrogens (tertiary/aromatic N) is 3. The van der Waals surface area contributed by atoms with Crippen LogP contribution in [0.1, 0.15) is 24.8 Å². The van der Waals surface area contributed by atoms with Gasteiger partial charge in [0.25, 0.3) is 0 Å². The number of nitriles is 1. The molecule has 2 atom stereocenters. The molecule has 0 aliphatic rings. The molecule has 0 amide bonds. The maximum absolute atomic E-state index is 8.64. The molecule has 0 aliphatic heterocycles. The van der Waals surface area contributed by atoms with Gasteiger partial charge in [0.05, 0.1) is 12.3 Å². The van der Waals surface area contributed by atoms with Gasteiger partial charge in [-0.25, -0.2) is 0 Å². The Hall–Kier alpha value is -0.950. The van der Waals surface area contributed by atoms with Crippen LogP contribution in [-0.2, 0) is 7.05 Å². The third-order valence-electron chi connectivity index (χ3n) is 2.05. The van der Waals surface area contributed by atoms with Gasteiger partial charge in [-0.05, 0) is 5.56 Å². The lowest BCUT2D eigenvalue weighted by molar-refractivity contribution is 0.697. The Morgan fingerprint density at radius 1 is 1.77 bits per heavy atom. The van der Waals surface area contributed by atoms with E-state index in [0.717, 1.165) is 5.56 Å². The van der Waals surface area contributed by atoms with Crippen molar-refractivity contribution in [1.29, 1.82) is 5.26 Å². The van der Waals surface area contributed by atoms with Crippen LogP contribution >= 0.6 is 12.6 Å². The van der Waals surface area contributed by atoms with E-state index < -0.39 is 0 Å². The first kappa shape index (κ1) is 10.1. The zero-order chi connectivity index (χ0) is 9.84. The lowest BCUT2D eigenvalue weighted by Gasteiger charge is -2.14. The number of thiol groups is 1. The third kappa shape index (κ3) is 2.49. The van der Waals surface area contributed by atoms with Crippen molar-refractivity contribution in [3.05, 3.63) is 18.0 Å². The van der Waals surface area contributed by atoms with Gasteiger partial charge in [0.1, 0.15) is 0 Å². The summed E-state index contributed by atoms with van der Waals surface area (Å²) in [4.78, 5) is 0. The van der Waals surface area contributed by atoms with Crippen LogP contribution in [0.15, 0.2) is 12.4 Å². The van der Waals surface area contributed by atoms with Gasteiger partial charge >= 0.3 is 0 Å². The molecule has 13 heavy (non-hydrogen) atoms. The lowest BCUT2D eigenvalue weighted by atomic mass is 9.96. The number of hydrogen-bond acceptors (Lipinski definition) is 3. The molecule has 0 N–H and O–H groups in total. The monoisotopic (exact) mass is 195 g/mol. The Morgan fingerprint density at radius 2 is 2.46 bits per heavy atom. The van der Waals surface area contributed by atoms with Crippen molar-refractivity contribution in [3.63, 3.8) is 0 Å². The number of rotatable bonds is 3. The predicted octanol–water partition coefficient (Wildman–Crippen LogP) is 1.74. The van der Waals surface area contributed by atoms with Gasteiger partial charge in [-0.3, -0.25) is 4.68 Å². The Bertz CT molecular complexity index is 311. The molecule has 0 radical (unpaired) electrons. The van der Waals surface area contributed by atoms with Crippen LogP contribution in [0, 0.1) is 11.3 Å². The van der Waals surface area contributed by atoms with Crippen molar-refractivity contribution >= 4 is 12.6 Å². The SMILES string of the molecule is CC(S)C(CC#N)c1cnn(C)c1. The van der Waals surface area contributed by atoms with Crippen molar-refractivity contribution in [2.75, 3.05) is 0 Å². The molecule has 1 heterocycles. The maximum Gasteiger partial charge on any atom is 0.0628 e. The lowest BCUT2D eigenvalue weighted by Crippen LogP contribution is -2.08. The van der Waals surface area contributed by atoms with E-state index >= 15 is 0 Å². The molecule has 0 bridgehead atoms. The van der Waals surface area contributed by atoms with Gasteiger partial charge in [0.15, 0.2) is 0 Å². The number of aryl methyl sites for hydroxylation is 1. The van der Waals surface area contributed by atoms with E-state index in [9.17, 15) is 0 Å². The van der Waals surface area contributed by atoms with E-state index in [-0.39, 0.29) is 11.2 Å². The molecule has 4 heteroatoms. The summed E-state index contributed by atoms with van der Waals surface area (Å²) in [6.45, 7) is 2.00.